The molecule has 0 unspecified atom stereocenters. The lowest BCUT2D eigenvalue weighted by atomic mass is 9.93. The molecule has 1 amide bonds. The molecule has 6 nitrogen and oxygen atoms in total. The second-order valence-corrected chi connectivity index (χ2v) is 7.25. The van der Waals surface area contributed by atoms with Crippen molar-refractivity contribution in [2.45, 2.75) is 44.6 Å². The van der Waals surface area contributed by atoms with Crippen molar-refractivity contribution < 1.29 is 14.3 Å². The number of anilines is 1. The minimum absolute atomic E-state index is 0.0405. The van der Waals surface area contributed by atoms with E-state index >= 15 is 0 Å². The Labute approximate surface area is 158 Å². The smallest absolute Gasteiger partial charge is 0.257 e. The molecule has 0 spiro atoms. The molecule has 1 aromatic heterocycles. The molecule has 1 heterocycles. The minimum Gasteiger partial charge on any atom is -0.492 e. The average molecular weight is 367 g/mol. The molecule has 2 aliphatic rings. The molecule has 4 rings (SSSR count). The maximum Gasteiger partial charge on any atom is 0.257 e. The summed E-state index contributed by atoms with van der Waals surface area (Å²) < 4.78 is 5.77. The lowest BCUT2D eigenvalue weighted by molar-refractivity contribution is 0.0956. The molecule has 1 fully saturated rings. The number of H-pyrrole nitrogens is 1. The van der Waals surface area contributed by atoms with Gasteiger partial charge in [0.25, 0.3) is 5.91 Å². The Balaban J connectivity index is 1.36. The van der Waals surface area contributed by atoms with Crippen LogP contribution in [-0.2, 0) is 6.42 Å². The van der Waals surface area contributed by atoms with Crippen molar-refractivity contribution in [1.29, 1.82) is 0 Å². The number of rotatable bonds is 7. The summed E-state index contributed by atoms with van der Waals surface area (Å²) in [4.78, 5) is 27.9. The van der Waals surface area contributed by atoms with E-state index in [1.54, 1.807) is 6.20 Å². The number of hydrogen-bond acceptors (Lipinski definition) is 4. The van der Waals surface area contributed by atoms with Gasteiger partial charge in [-0.05, 0) is 37.8 Å². The van der Waals surface area contributed by atoms with E-state index in [2.05, 4.69) is 15.6 Å². The van der Waals surface area contributed by atoms with Gasteiger partial charge in [0.15, 0.2) is 5.78 Å². The van der Waals surface area contributed by atoms with Crippen molar-refractivity contribution in [3.8, 4) is 5.75 Å². The zero-order valence-electron chi connectivity index (χ0n) is 15.3. The van der Waals surface area contributed by atoms with Crippen LogP contribution in [-0.4, -0.2) is 35.9 Å². The number of aryl methyl sites for hydroxylation is 1. The predicted molar refractivity (Wildman–Crippen MR) is 104 cm³/mol. The van der Waals surface area contributed by atoms with Crippen molar-refractivity contribution >= 4 is 17.4 Å². The van der Waals surface area contributed by atoms with Crippen LogP contribution in [0.3, 0.4) is 0 Å². The number of carbonyl (C=O) groups is 2. The summed E-state index contributed by atoms with van der Waals surface area (Å²) in [6, 6.07) is 8.00. The van der Waals surface area contributed by atoms with E-state index in [1.807, 2.05) is 24.3 Å². The van der Waals surface area contributed by atoms with Gasteiger partial charge in [0.05, 0.1) is 11.1 Å². The number of carbonyl (C=O) groups excluding carboxylic acids is 2. The van der Waals surface area contributed by atoms with Crippen molar-refractivity contribution in [3.63, 3.8) is 0 Å². The molecule has 142 valence electrons. The molecule has 1 saturated carbocycles. The van der Waals surface area contributed by atoms with Crippen LogP contribution in [0, 0.1) is 0 Å². The van der Waals surface area contributed by atoms with E-state index in [0.29, 0.717) is 35.9 Å². The standard InChI is InChI=1S/C21H25N3O3/c25-19-9-3-8-18-20(19)17(13-23-18)21(26)24-15-6-2-7-16(12-15)27-11-10-22-14-4-1-5-14/h2,6-7,12-14,22-23H,1,3-5,8-11H2,(H,24,26). The van der Waals surface area contributed by atoms with Gasteiger partial charge in [-0.25, -0.2) is 0 Å². The number of hydrogen-bond donors (Lipinski definition) is 3. The Morgan fingerprint density at radius 2 is 2.11 bits per heavy atom. The summed E-state index contributed by atoms with van der Waals surface area (Å²) in [5, 5.41) is 6.33. The number of Topliss-reactive ketones (excluding diaryl/α,β-unsaturated/α-hetero) is 1. The third-order valence-corrected chi connectivity index (χ3v) is 5.32. The Morgan fingerprint density at radius 3 is 2.93 bits per heavy atom. The summed E-state index contributed by atoms with van der Waals surface area (Å²) in [7, 11) is 0. The van der Waals surface area contributed by atoms with E-state index in [9.17, 15) is 9.59 Å². The first-order valence-corrected chi connectivity index (χ1v) is 9.72. The fourth-order valence-electron chi connectivity index (χ4n) is 3.62. The molecule has 3 N–H and O–H groups in total. The summed E-state index contributed by atoms with van der Waals surface area (Å²) in [6.45, 7) is 1.41. The first kappa shape index (κ1) is 17.8. The van der Waals surface area contributed by atoms with Crippen molar-refractivity contribution in [1.82, 2.24) is 10.3 Å². The molecule has 0 atom stereocenters. The monoisotopic (exact) mass is 367 g/mol. The Bertz CT molecular complexity index is 839. The lowest BCUT2D eigenvalue weighted by Crippen LogP contribution is -2.37. The van der Waals surface area contributed by atoms with Gasteiger partial charge in [-0.2, -0.15) is 0 Å². The zero-order valence-corrected chi connectivity index (χ0v) is 15.3. The van der Waals surface area contributed by atoms with Crippen LogP contribution in [0.15, 0.2) is 30.5 Å². The van der Waals surface area contributed by atoms with Crippen molar-refractivity contribution in [2.24, 2.45) is 0 Å². The third kappa shape index (κ3) is 4.06. The van der Waals surface area contributed by atoms with Crippen LogP contribution in [0.1, 0.15) is 58.5 Å². The van der Waals surface area contributed by atoms with Gasteiger partial charge in [0.2, 0.25) is 0 Å². The minimum atomic E-state index is -0.272. The normalized spacial score (nSPS) is 16.5. The highest BCUT2D eigenvalue weighted by Gasteiger charge is 2.25. The van der Waals surface area contributed by atoms with Gasteiger partial charge >= 0.3 is 0 Å². The summed E-state index contributed by atoms with van der Waals surface area (Å²) in [5.74, 6) is 0.487. The number of aromatic nitrogens is 1. The molecule has 1 aromatic carbocycles. The number of ketones is 1. The van der Waals surface area contributed by atoms with E-state index in [0.717, 1.165) is 30.8 Å². The largest absolute Gasteiger partial charge is 0.492 e. The van der Waals surface area contributed by atoms with E-state index in [-0.39, 0.29) is 11.7 Å². The highest BCUT2D eigenvalue weighted by atomic mass is 16.5. The van der Waals surface area contributed by atoms with E-state index in [1.165, 1.54) is 19.3 Å². The van der Waals surface area contributed by atoms with Crippen molar-refractivity contribution in [3.05, 3.63) is 47.3 Å². The topological polar surface area (TPSA) is 83.2 Å². The van der Waals surface area contributed by atoms with Gasteiger partial charge in [-0.3, -0.25) is 9.59 Å². The Kier molecular flexibility index (Phi) is 5.25. The maximum atomic E-state index is 12.6. The number of amides is 1. The predicted octanol–water partition coefficient (Wildman–Crippen LogP) is 3.31. The Hall–Kier alpha value is -2.60. The molecule has 0 saturated heterocycles. The molecule has 0 bridgehead atoms. The molecule has 0 aliphatic heterocycles. The van der Waals surface area contributed by atoms with E-state index < -0.39 is 0 Å². The van der Waals surface area contributed by atoms with Crippen LogP contribution in [0.4, 0.5) is 5.69 Å². The van der Waals surface area contributed by atoms with Crippen LogP contribution >= 0.6 is 0 Å². The molecule has 2 aromatic rings. The fourth-order valence-corrected chi connectivity index (χ4v) is 3.62. The van der Waals surface area contributed by atoms with Gasteiger partial charge in [-0.1, -0.05) is 12.5 Å². The number of aromatic amines is 1. The number of ether oxygens (including phenoxy) is 1. The molecule has 27 heavy (non-hydrogen) atoms. The molecular weight excluding hydrogens is 342 g/mol. The SMILES string of the molecule is O=C(Nc1cccc(OCCNC2CCC2)c1)c1c[nH]c2c1C(=O)CCC2. The lowest BCUT2D eigenvalue weighted by Gasteiger charge is -2.26. The summed E-state index contributed by atoms with van der Waals surface area (Å²) >= 11 is 0. The molecule has 0 radical (unpaired) electrons. The highest BCUT2D eigenvalue weighted by Crippen LogP contribution is 2.25. The number of benzene rings is 1. The second kappa shape index (κ2) is 7.96. The molecular formula is C21H25N3O3. The highest BCUT2D eigenvalue weighted by molar-refractivity contribution is 6.13. The number of fused-ring (bicyclic) bond motifs is 1. The van der Waals surface area contributed by atoms with Gasteiger partial charge in [0, 0.05) is 42.7 Å². The second-order valence-electron chi connectivity index (χ2n) is 7.25. The van der Waals surface area contributed by atoms with Crippen LogP contribution in [0.25, 0.3) is 0 Å². The van der Waals surface area contributed by atoms with Gasteiger partial charge in [-0.15, -0.1) is 0 Å². The first-order chi connectivity index (χ1) is 13.2. The first-order valence-electron chi connectivity index (χ1n) is 9.72. The third-order valence-electron chi connectivity index (χ3n) is 5.32. The quantitative estimate of drug-likeness (QED) is 0.656. The maximum absolute atomic E-state index is 12.6. The summed E-state index contributed by atoms with van der Waals surface area (Å²) in [6.07, 6.45) is 7.62. The van der Waals surface area contributed by atoms with Gasteiger partial charge < -0.3 is 20.4 Å². The van der Waals surface area contributed by atoms with E-state index in [4.69, 9.17) is 4.74 Å². The Morgan fingerprint density at radius 1 is 1.22 bits per heavy atom. The van der Waals surface area contributed by atoms with Crippen LogP contribution < -0.4 is 15.4 Å². The zero-order chi connectivity index (χ0) is 18.6. The average Bonchev–Trinajstić information content (AvgIpc) is 3.06. The number of nitrogens with one attached hydrogen (secondary N) is 3. The van der Waals surface area contributed by atoms with Gasteiger partial charge in [0.1, 0.15) is 12.4 Å². The van der Waals surface area contributed by atoms with Crippen LogP contribution in [0.2, 0.25) is 0 Å². The molecule has 6 heteroatoms. The summed E-state index contributed by atoms with van der Waals surface area (Å²) in [5.41, 5.74) is 2.49. The van der Waals surface area contributed by atoms with Crippen LogP contribution in [0.5, 0.6) is 5.75 Å². The fraction of sp³-hybridized carbons (Fsp3) is 0.429. The molecule has 2 aliphatic carbocycles. The van der Waals surface area contributed by atoms with Crippen molar-refractivity contribution in [2.75, 3.05) is 18.5 Å².